The molecule has 1 atom stereocenters. The van der Waals surface area contributed by atoms with E-state index in [1.54, 1.807) is 22.9 Å². The maximum atomic E-state index is 12.4. The lowest BCUT2D eigenvalue weighted by Gasteiger charge is -2.44. The van der Waals surface area contributed by atoms with E-state index in [0.717, 1.165) is 12.2 Å². The van der Waals surface area contributed by atoms with Gasteiger partial charge in [0.15, 0.2) is 0 Å². The summed E-state index contributed by atoms with van der Waals surface area (Å²) < 4.78 is 1.79. The summed E-state index contributed by atoms with van der Waals surface area (Å²) in [7, 11) is 0. The van der Waals surface area contributed by atoms with Crippen molar-refractivity contribution in [2.45, 2.75) is 18.9 Å². The molecule has 3 saturated heterocycles. The van der Waals surface area contributed by atoms with Gasteiger partial charge in [0.25, 0.3) is 5.91 Å². The molecule has 3 aliphatic heterocycles. The van der Waals surface area contributed by atoms with Gasteiger partial charge in [-0.25, -0.2) is 4.98 Å². The zero-order chi connectivity index (χ0) is 14.4. The third kappa shape index (κ3) is 2.40. The number of nitrogens with one attached hydrogen (secondary N) is 1. The van der Waals surface area contributed by atoms with Crippen LogP contribution >= 0.6 is 11.6 Å². The van der Waals surface area contributed by atoms with Gasteiger partial charge in [-0.1, -0.05) is 11.6 Å². The molecule has 110 valence electrons. The zero-order valence-corrected chi connectivity index (χ0v) is 12.4. The van der Waals surface area contributed by atoms with Crippen molar-refractivity contribution in [2.75, 3.05) is 19.6 Å². The Bertz CT molecular complexity index is 690. The molecule has 21 heavy (non-hydrogen) atoms. The number of rotatable bonds is 2. The highest BCUT2D eigenvalue weighted by Gasteiger charge is 2.34. The Labute approximate surface area is 127 Å². The van der Waals surface area contributed by atoms with E-state index in [1.165, 1.54) is 25.9 Å². The van der Waals surface area contributed by atoms with Crippen molar-refractivity contribution in [3.8, 4) is 0 Å². The minimum Gasteiger partial charge on any atom is -0.348 e. The van der Waals surface area contributed by atoms with E-state index in [9.17, 15) is 4.79 Å². The molecule has 2 bridgehead atoms. The molecule has 1 unspecified atom stereocenters. The lowest BCUT2D eigenvalue weighted by atomic mass is 9.84. The van der Waals surface area contributed by atoms with Crippen LogP contribution < -0.4 is 5.32 Å². The molecule has 5 heterocycles. The molecule has 2 aromatic heterocycles. The van der Waals surface area contributed by atoms with Crippen molar-refractivity contribution in [3.63, 3.8) is 0 Å². The predicted molar refractivity (Wildman–Crippen MR) is 80.6 cm³/mol. The number of pyridine rings is 1. The minimum absolute atomic E-state index is 0.0135. The molecule has 5 rings (SSSR count). The molecule has 3 fully saturated rings. The van der Waals surface area contributed by atoms with Crippen LogP contribution in [-0.4, -0.2) is 45.9 Å². The van der Waals surface area contributed by atoms with Crippen molar-refractivity contribution < 1.29 is 4.79 Å². The van der Waals surface area contributed by atoms with Gasteiger partial charge in [-0.2, -0.15) is 0 Å². The molecule has 0 saturated carbocycles. The summed E-state index contributed by atoms with van der Waals surface area (Å²) in [6, 6.07) is 3.90. The average Bonchev–Trinajstić information content (AvgIpc) is 2.87. The standard InChI is InChI=1S/C15H17ClN4O/c16-13-9-20-7-11(1-2-14(20)18-13)15(21)17-12-8-19-5-3-10(12)4-6-19/h1-2,7,9-10,12H,3-6,8H2,(H,17,21). The Morgan fingerprint density at radius 1 is 1.29 bits per heavy atom. The van der Waals surface area contributed by atoms with Crippen LogP contribution in [0.25, 0.3) is 5.65 Å². The number of fused-ring (bicyclic) bond motifs is 4. The van der Waals surface area contributed by atoms with Crippen LogP contribution in [0, 0.1) is 5.92 Å². The molecule has 0 spiro atoms. The summed E-state index contributed by atoms with van der Waals surface area (Å²) in [6.45, 7) is 3.34. The van der Waals surface area contributed by atoms with E-state index in [-0.39, 0.29) is 11.9 Å². The highest BCUT2D eigenvalue weighted by Crippen LogP contribution is 2.27. The number of aromatic nitrogens is 2. The van der Waals surface area contributed by atoms with Crippen molar-refractivity contribution in [1.82, 2.24) is 19.6 Å². The fraction of sp³-hybridized carbons (Fsp3) is 0.467. The highest BCUT2D eigenvalue weighted by molar-refractivity contribution is 6.29. The van der Waals surface area contributed by atoms with E-state index in [0.29, 0.717) is 16.6 Å². The van der Waals surface area contributed by atoms with Gasteiger partial charge >= 0.3 is 0 Å². The van der Waals surface area contributed by atoms with Crippen LogP contribution in [0.5, 0.6) is 0 Å². The molecule has 3 aliphatic rings. The average molecular weight is 305 g/mol. The van der Waals surface area contributed by atoms with Gasteiger partial charge in [-0.15, -0.1) is 0 Å². The third-order valence-corrected chi connectivity index (χ3v) is 4.84. The summed E-state index contributed by atoms with van der Waals surface area (Å²) in [4.78, 5) is 19.0. The van der Waals surface area contributed by atoms with Gasteiger partial charge in [0.2, 0.25) is 0 Å². The number of amides is 1. The largest absolute Gasteiger partial charge is 0.348 e. The lowest BCUT2D eigenvalue weighted by molar-refractivity contribution is 0.0620. The van der Waals surface area contributed by atoms with E-state index in [4.69, 9.17) is 11.6 Å². The summed E-state index contributed by atoms with van der Waals surface area (Å²) in [5.41, 5.74) is 1.40. The molecule has 0 aliphatic carbocycles. The number of hydrogen-bond donors (Lipinski definition) is 1. The minimum atomic E-state index is -0.0135. The first-order valence-corrected chi connectivity index (χ1v) is 7.74. The molecule has 6 heteroatoms. The van der Waals surface area contributed by atoms with Crippen molar-refractivity contribution in [1.29, 1.82) is 0 Å². The topological polar surface area (TPSA) is 49.6 Å². The molecule has 1 amide bonds. The van der Waals surface area contributed by atoms with Gasteiger partial charge in [0.1, 0.15) is 10.8 Å². The normalized spacial score (nSPS) is 28.0. The zero-order valence-electron chi connectivity index (χ0n) is 11.6. The smallest absolute Gasteiger partial charge is 0.253 e. The summed E-state index contributed by atoms with van der Waals surface area (Å²) in [5, 5.41) is 3.63. The van der Waals surface area contributed by atoms with E-state index >= 15 is 0 Å². The number of halogens is 1. The highest BCUT2D eigenvalue weighted by atomic mass is 35.5. The van der Waals surface area contributed by atoms with Crippen LogP contribution in [0.3, 0.4) is 0 Å². The Balaban J connectivity index is 1.53. The molecule has 1 N–H and O–H groups in total. The number of hydrogen-bond acceptors (Lipinski definition) is 3. The Kier molecular flexibility index (Phi) is 3.12. The van der Waals surface area contributed by atoms with Gasteiger partial charge < -0.3 is 14.6 Å². The fourth-order valence-corrected chi connectivity index (χ4v) is 3.67. The third-order valence-electron chi connectivity index (χ3n) is 4.66. The van der Waals surface area contributed by atoms with Gasteiger partial charge in [0, 0.05) is 25.0 Å². The van der Waals surface area contributed by atoms with E-state index in [2.05, 4.69) is 15.2 Å². The number of carbonyl (C=O) groups excluding carboxylic acids is 1. The van der Waals surface area contributed by atoms with Gasteiger partial charge in [-0.3, -0.25) is 4.79 Å². The fourth-order valence-electron chi connectivity index (χ4n) is 3.48. The first-order chi connectivity index (χ1) is 10.2. The first-order valence-electron chi connectivity index (χ1n) is 7.36. The number of piperidine rings is 3. The molecule has 2 aromatic rings. The molecule has 0 aromatic carbocycles. The van der Waals surface area contributed by atoms with Crippen LogP contribution in [0.4, 0.5) is 0 Å². The van der Waals surface area contributed by atoms with Crippen LogP contribution in [0.2, 0.25) is 5.15 Å². The maximum Gasteiger partial charge on any atom is 0.253 e. The quantitative estimate of drug-likeness (QED) is 0.920. The molecule has 5 nitrogen and oxygen atoms in total. The van der Waals surface area contributed by atoms with Gasteiger partial charge in [-0.05, 0) is 44.0 Å². The van der Waals surface area contributed by atoms with Crippen molar-refractivity contribution in [3.05, 3.63) is 35.2 Å². The number of carbonyl (C=O) groups is 1. The molecular weight excluding hydrogens is 288 g/mol. The lowest BCUT2D eigenvalue weighted by Crippen LogP contribution is -2.57. The second kappa shape index (κ2) is 5.00. The van der Waals surface area contributed by atoms with Crippen LogP contribution in [0.1, 0.15) is 23.2 Å². The van der Waals surface area contributed by atoms with Crippen molar-refractivity contribution >= 4 is 23.2 Å². The summed E-state index contributed by atoms with van der Waals surface area (Å²) in [6.07, 6.45) is 5.88. The first kappa shape index (κ1) is 13.1. The SMILES string of the molecule is O=C(NC1CN2CCC1CC2)c1ccc2nc(Cl)cn2c1. The van der Waals surface area contributed by atoms with Gasteiger partial charge in [0.05, 0.1) is 5.56 Å². The second-order valence-corrected chi connectivity index (χ2v) is 6.35. The van der Waals surface area contributed by atoms with E-state index in [1.807, 2.05) is 6.07 Å². The summed E-state index contributed by atoms with van der Waals surface area (Å²) in [5.74, 6) is 0.617. The number of imidazole rings is 1. The molecular formula is C15H17ClN4O. The van der Waals surface area contributed by atoms with Crippen LogP contribution in [-0.2, 0) is 0 Å². The molecule has 0 radical (unpaired) electrons. The monoisotopic (exact) mass is 304 g/mol. The van der Waals surface area contributed by atoms with Crippen LogP contribution in [0.15, 0.2) is 24.5 Å². The maximum absolute atomic E-state index is 12.4. The van der Waals surface area contributed by atoms with Crippen molar-refractivity contribution in [2.24, 2.45) is 5.92 Å². The number of nitrogens with zero attached hydrogens (tertiary/aromatic N) is 3. The summed E-state index contributed by atoms with van der Waals surface area (Å²) >= 11 is 5.88. The Hall–Kier alpha value is -1.59. The second-order valence-electron chi connectivity index (χ2n) is 5.96. The predicted octanol–water partition coefficient (Wildman–Crippen LogP) is 1.81. The Morgan fingerprint density at radius 2 is 2.10 bits per heavy atom. The Morgan fingerprint density at radius 3 is 2.81 bits per heavy atom. The van der Waals surface area contributed by atoms with E-state index < -0.39 is 0 Å².